The summed E-state index contributed by atoms with van der Waals surface area (Å²) in [6.45, 7) is 0. The van der Waals surface area contributed by atoms with E-state index in [1.54, 1.807) is 29.2 Å². The van der Waals surface area contributed by atoms with E-state index in [-0.39, 0.29) is 0 Å². The van der Waals surface area contributed by atoms with Gasteiger partial charge in [0, 0.05) is 4.90 Å². The Morgan fingerprint density at radius 1 is 1.21 bits per heavy atom. The van der Waals surface area contributed by atoms with Crippen LogP contribution >= 0.6 is 23.1 Å². The molecule has 2 aromatic carbocycles. The quantitative estimate of drug-likeness (QED) is 0.724. The highest BCUT2D eigenvalue weighted by molar-refractivity contribution is 8.01. The third-order valence-corrected chi connectivity index (χ3v) is 4.71. The van der Waals surface area contributed by atoms with Crippen molar-refractivity contribution in [3.05, 3.63) is 48.0 Å². The van der Waals surface area contributed by atoms with Gasteiger partial charge in [-0.15, -0.1) is 11.3 Å². The van der Waals surface area contributed by atoms with E-state index < -0.39 is 0 Å². The average Bonchev–Trinajstić information content (AvgIpc) is 2.81. The fourth-order valence-corrected chi connectivity index (χ4v) is 3.79. The van der Waals surface area contributed by atoms with Gasteiger partial charge in [0.15, 0.2) is 4.34 Å². The molecule has 0 aliphatic rings. The Kier molecular flexibility index (Phi) is 3.11. The summed E-state index contributed by atoms with van der Waals surface area (Å²) in [6.07, 6.45) is 0. The van der Waals surface area contributed by atoms with Gasteiger partial charge in [-0.25, -0.2) is 4.98 Å². The zero-order chi connectivity index (χ0) is 13.2. The highest BCUT2D eigenvalue weighted by Gasteiger charge is 2.06. The highest BCUT2D eigenvalue weighted by Crippen LogP contribution is 2.35. The van der Waals surface area contributed by atoms with Crippen molar-refractivity contribution >= 4 is 39.0 Å². The van der Waals surface area contributed by atoms with Gasteiger partial charge in [0.2, 0.25) is 0 Å². The predicted molar refractivity (Wildman–Crippen MR) is 79.3 cm³/mol. The first-order valence-electron chi connectivity index (χ1n) is 5.59. The molecule has 3 nitrogen and oxygen atoms in total. The summed E-state index contributed by atoms with van der Waals surface area (Å²) >= 11 is 3.22. The van der Waals surface area contributed by atoms with Gasteiger partial charge in [-0.1, -0.05) is 23.9 Å². The Hall–Kier alpha value is -2.03. The maximum atomic E-state index is 8.85. The number of para-hydroxylation sites is 1. The number of nitrogens with two attached hydrogens (primary N) is 1. The van der Waals surface area contributed by atoms with Gasteiger partial charge in [-0.3, -0.25) is 0 Å². The molecule has 3 aromatic rings. The van der Waals surface area contributed by atoms with Gasteiger partial charge in [0.25, 0.3) is 0 Å². The number of nitrogens with zero attached hydrogens (tertiary/aromatic N) is 2. The lowest BCUT2D eigenvalue weighted by atomic mass is 10.2. The summed E-state index contributed by atoms with van der Waals surface area (Å²) in [4.78, 5) is 5.55. The predicted octanol–water partition coefficient (Wildman–Crippen LogP) is 3.90. The molecule has 0 saturated heterocycles. The molecule has 0 saturated carbocycles. The molecule has 0 aliphatic carbocycles. The lowest BCUT2D eigenvalue weighted by Gasteiger charge is -2.00. The molecule has 3 rings (SSSR count). The van der Waals surface area contributed by atoms with E-state index in [4.69, 9.17) is 11.0 Å². The van der Waals surface area contributed by atoms with Gasteiger partial charge in [-0.05, 0) is 30.3 Å². The van der Waals surface area contributed by atoms with E-state index in [0.29, 0.717) is 11.3 Å². The summed E-state index contributed by atoms with van der Waals surface area (Å²) in [5.41, 5.74) is 7.83. The molecule has 0 unspecified atom stereocenters. The van der Waals surface area contributed by atoms with Gasteiger partial charge in [0.1, 0.15) is 6.07 Å². The van der Waals surface area contributed by atoms with Gasteiger partial charge in [-0.2, -0.15) is 5.26 Å². The van der Waals surface area contributed by atoms with Crippen molar-refractivity contribution in [2.75, 3.05) is 5.73 Å². The minimum Gasteiger partial charge on any atom is -0.398 e. The third-order valence-electron chi connectivity index (χ3n) is 2.62. The number of hydrogen-bond acceptors (Lipinski definition) is 5. The molecule has 2 N–H and O–H groups in total. The summed E-state index contributed by atoms with van der Waals surface area (Å²) in [5, 5.41) is 8.85. The molecule has 0 aliphatic heterocycles. The maximum absolute atomic E-state index is 8.85. The monoisotopic (exact) mass is 283 g/mol. The Labute approximate surface area is 118 Å². The maximum Gasteiger partial charge on any atom is 0.155 e. The number of fused-ring (bicyclic) bond motifs is 1. The van der Waals surface area contributed by atoms with Crippen LogP contribution in [0, 0.1) is 11.3 Å². The van der Waals surface area contributed by atoms with Crippen LogP contribution in [0.5, 0.6) is 0 Å². The number of rotatable bonds is 2. The fourth-order valence-electron chi connectivity index (χ4n) is 1.70. The minimum atomic E-state index is 0.508. The van der Waals surface area contributed by atoms with E-state index in [0.717, 1.165) is 14.8 Å². The van der Waals surface area contributed by atoms with Crippen molar-refractivity contribution in [1.29, 1.82) is 5.26 Å². The first kappa shape index (κ1) is 12.0. The van der Waals surface area contributed by atoms with Crippen molar-refractivity contribution in [3.8, 4) is 6.07 Å². The van der Waals surface area contributed by atoms with Gasteiger partial charge < -0.3 is 5.73 Å². The average molecular weight is 283 g/mol. The molecule has 0 radical (unpaired) electrons. The van der Waals surface area contributed by atoms with E-state index in [1.807, 2.05) is 30.3 Å². The van der Waals surface area contributed by atoms with Crippen LogP contribution in [0.25, 0.3) is 10.2 Å². The molecule has 19 heavy (non-hydrogen) atoms. The Bertz CT molecular complexity index is 754. The zero-order valence-electron chi connectivity index (χ0n) is 9.83. The second kappa shape index (κ2) is 4.92. The smallest absolute Gasteiger partial charge is 0.155 e. The van der Waals surface area contributed by atoms with Crippen molar-refractivity contribution < 1.29 is 0 Å². The summed E-state index contributed by atoms with van der Waals surface area (Å²) in [6, 6.07) is 15.6. The molecule has 0 bridgehead atoms. The molecular weight excluding hydrogens is 274 g/mol. The van der Waals surface area contributed by atoms with Crippen molar-refractivity contribution in [3.63, 3.8) is 0 Å². The second-order valence-electron chi connectivity index (χ2n) is 3.91. The summed E-state index contributed by atoms with van der Waals surface area (Å²) in [5.74, 6) is 0. The van der Waals surface area contributed by atoms with Gasteiger partial charge >= 0.3 is 0 Å². The van der Waals surface area contributed by atoms with Gasteiger partial charge in [0.05, 0.1) is 21.5 Å². The lowest BCUT2D eigenvalue weighted by Crippen LogP contribution is -1.89. The molecule has 1 aromatic heterocycles. The molecule has 0 amide bonds. The summed E-state index contributed by atoms with van der Waals surface area (Å²) in [7, 11) is 0. The number of nitriles is 1. The molecule has 5 heteroatoms. The van der Waals surface area contributed by atoms with Crippen molar-refractivity contribution in [2.24, 2.45) is 0 Å². The molecule has 0 atom stereocenters. The Morgan fingerprint density at radius 2 is 2.05 bits per heavy atom. The largest absolute Gasteiger partial charge is 0.398 e. The minimum absolute atomic E-state index is 0.508. The normalized spacial score (nSPS) is 10.5. The molecule has 0 spiro atoms. The van der Waals surface area contributed by atoms with Crippen molar-refractivity contribution in [1.82, 2.24) is 4.98 Å². The molecular formula is C14H9N3S2. The molecule has 1 heterocycles. The van der Waals surface area contributed by atoms with Crippen molar-refractivity contribution in [2.45, 2.75) is 9.24 Å². The first-order valence-corrected chi connectivity index (χ1v) is 7.22. The van der Waals surface area contributed by atoms with Crippen LogP contribution in [0.3, 0.4) is 0 Å². The van der Waals surface area contributed by atoms with Crippen LogP contribution in [-0.4, -0.2) is 4.98 Å². The van der Waals surface area contributed by atoms with Crippen LogP contribution in [0.1, 0.15) is 5.56 Å². The SMILES string of the molecule is N#Cc1ccc(Sc2nc3ccccc3s2)cc1N. The van der Waals surface area contributed by atoms with E-state index in [1.165, 1.54) is 4.70 Å². The highest BCUT2D eigenvalue weighted by atomic mass is 32.2. The first-order chi connectivity index (χ1) is 9.26. The second-order valence-corrected chi connectivity index (χ2v) is 6.26. The standard InChI is InChI=1S/C14H9N3S2/c15-8-9-5-6-10(7-11(9)16)18-14-17-12-3-1-2-4-13(12)19-14/h1-7H,16H2. The lowest BCUT2D eigenvalue weighted by molar-refractivity contribution is 1.29. The fraction of sp³-hybridized carbons (Fsp3) is 0. The number of nitrogen functional groups attached to an aromatic ring is 1. The van der Waals surface area contributed by atoms with Crippen LogP contribution in [0.4, 0.5) is 5.69 Å². The number of anilines is 1. The molecule has 92 valence electrons. The Balaban J connectivity index is 1.92. The topological polar surface area (TPSA) is 62.7 Å². The zero-order valence-corrected chi connectivity index (χ0v) is 11.5. The number of hydrogen-bond donors (Lipinski definition) is 1. The third kappa shape index (κ3) is 2.41. The number of benzene rings is 2. The number of thiazole rings is 1. The van der Waals surface area contributed by atoms with E-state index >= 15 is 0 Å². The van der Waals surface area contributed by atoms with Crippen LogP contribution in [0.2, 0.25) is 0 Å². The van der Waals surface area contributed by atoms with Crippen LogP contribution < -0.4 is 5.73 Å². The van der Waals surface area contributed by atoms with E-state index in [2.05, 4.69) is 17.1 Å². The van der Waals surface area contributed by atoms with E-state index in [9.17, 15) is 0 Å². The Morgan fingerprint density at radius 3 is 2.79 bits per heavy atom. The summed E-state index contributed by atoms with van der Waals surface area (Å²) < 4.78 is 2.15. The van der Waals surface area contributed by atoms with Crippen LogP contribution in [0.15, 0.2) is 51.7 Å². The molecule has 0 fully saturated rings. The number of aromatic nitrogens is 1. The van der Waals surface area contributed by atoms with Crippen LogP contribution in [-0.2, 0) is 0 Å².